The molecule has 1 aliphatic rings. The molecule has 1 saturated carbocycles. The van der Waals surface area contributed by atoms with Crippen molar-refractivity contribution in [2.24, 2.45) is 0 Å². The average Bonchev–Trinajstić information content (AvgIpc) is 2.13. The normalized spacial score (nSPS) is 16.1. The van der Waals surface area contributed by atoms with Gasteiger partial charge in [-0.3, -0.25) is 0 Å². The molecule has 0 bridgehead atoms. The lowest BCUT2D eigenvalue weighted by Gasteiger charge is -2.34. The van der Waals surface area contributed by atoms with Crippen LogP contribution in [0.1, 0.15) is 46.5 Å². The zero-order chi connectivity index (χ0) is 10.8. The van der Waals surface area contributed by atoms with Gasteiger partial charge in [-0.25, -0.2) is 0 Å². The summed E-state index contributed by atoms with van der Waals surface area (Å²) in [6, 6.07) is 0.897. The second kappa shape index (κ2) is 9.47. The van der Waals surface area contributed by atoms with Crippen molar-refractivity contribution in [2.75, 3.05) is 26.7 Å². The molecule has 0 atom stereocenters. The SMILES string of the molecule is CC.CCCNCCN(C)C1CCC1. The molecule has 0 spiro atoms. The molecule has 2 nitrogen and oxygen atoms in total. The van der Waals surface area contributed by atoms with Crippen LogP contribution in [0.5, 0.6) is 0 Å². The van der Waals surface area contributed by atoms with Gasteiger partial charge in [-0.15, -0.1) is 0 Å². The van der Waals surface area contributed by atoms with Crippen molar-refractivity contribution >= 4 is 0 Å². The quantitative estimate of drug-likeness (QED) is 0.663. The minimum Gasteiger partial charge on any atom is -0.315 e. The molecule has 0 amide bonds. The maximum absolute atomic E-state index is 3.43. The molecule has 0 radical (unpaired) electrons. The largest absolute Gasteiger partial charge is 0.315 e. The smallest absolute Gasteiger partial charge is 0.0107 e. The summed E-state index contributed by atoms with van der Waals surface area (Å²) < 4.78 is 0. The summed E-state index contributed by atoms with van der Waals surface area (Å²) in [5, 5.41) is 3.43. The van der Waals surface area contributed by atoms with Crippen LogP contribution in [0.25, 0.3) is 0 Å². The van der Waals surface area contributed by atoms with Crippen molar-refractivity contribution in [3.63, 3.8) is 0 Å². The molecule has 1 aliphatic carbocycles. The second-order valence-electron chi connectivity index (χ2n) is 3.82. The lowest BCUT2D eigenvalue weighted by Crippen LogP contribution is -2.40. The average molecular weight is 200 g/mol. The van der Waals surface area contributed by atoms with Crippen LogP contribution in [0.3, 0.4) is 0 Å². The molecule has 0 aromatic rings. The molecule has 14 heavy (non-hydrogen) atoms. The fourth-order valence-electron chi connectivity index (χ4n) is 1.57. The van der Waals surface area contributed by atoms with E-state index in [0.29, 0.717) is 0 Å². The highest BCUT2D eigenvalue weighted by molar-refractivity contribution is 4.77. The zero-order valence-electron chi connectivity index (χ0n) is 10.5. The van der Waals surface area contributed by atoms with Crippen molar-refractivity contribution in [3.05, 3.63) is 0 Å². The van der Waals surface area contributed by atoms with Crippen LogP contribution in [0.4, 0.5) is 0 Å². The summed E-state index contributed by atoms with van der Waals surface area (Å²) >= 11 is 0. The van der Waals surface area contributed by atoms with Gasteiger partial charge in [-0.05, 0) is 32.9 Å². The van der Waals surface area contributed by atoms with Gasteiger partial charge >= 0.3 is 0 Å². The first-order valence-electron chi connectivity index (χ1n) is 6.25. The number of hydrogen-bond acceptors (Lipinski definition) is 2. The number of nitrogens with zero attached hydrogens (tertiary/aromatic N) is 1. The molecule has 0 heterocycles. The number of rotatable bonds is 6. The summed E-state index contributed by atoms with van der Waals surface area (Å²) in [6.07, 6.45) is 5.53. The van der Waals surface area contributed by atoms with E-state index in [1.807, 2.05) is 13.8 Å². The summed E-state index contributed by atoms with van der Waals surface area (Å²) in [5.74, 6) is 0. The van der Waals surface area contributed by atoms with Gasteiger partial charge in [-0.1, -0.05) is 27.2 Å². The minimum absolute atomic E-state index is 0.897. The first-order chi connectivity index (χ1) is 6.84. The lowest BCUT2D eigenvalue weighted by molar-refractivity contribution is 0.160. The third-order valence-electron chi connectivity index (χ3n) is 2.77. The van der Waals surface area contributed by atoms with E-state index in [1.54, 1.807) is 0 Å². The van der Waals surface area contributed by atoms with Gasteiger partial charge < -0.3 is 10.2 Å². The van der Waals surface area contributed by atoms with E-state index >= 15 is 0 Å². The van der Waals surface area contributed by atoms with E-state index in [-0.39, 0.29) is 0 Å². The van der Waals surface area contributed by atoms with Gasteiger partial charge in [0.25, 0.3) is 0 Å². The fraction of sp³-hybridized carbons (Fsp3) is 1.00. The van der Waals surface area contributed by atoms with E-state index in [0.717, 1.165) is 12.6 Å². The molecular formula is C12H28N2. The van der Waals surface area contributed by atoms with E-state index in [1.165, 1.54) is 38.8 Å². The Balaban J connectivity index is 0.000000791. The molecule has 0 aromatic heterocycles. The summed E-state index contributed by atoms with van der Waals surface area (Å²) in [5.41, 5.74) is 0. The topological polar surface area (TPSA) is 15.3 Å². The first kappa shape index (κ1) is 13.9. The molecular weight excluding hydrogens is 172 g/mol. The Labute approximate surface area is 90.1 Å². The molecule has 1 N–H and O–H groups in total. The van der Waals surface area contributed by atoms with Crippen LogP contribution in [-0.4, -0.2) is 37.6 Å². The molecule has 0 aliphatic heterocycles. The van der Waals surface area contributed by atoms with E-state index < -0.39 is 0 Å². The minimum atomic E-state index is 0.897. The van der Waals surface area contributed by atoms with E-state index in [2.05, 4.69) is 24.2 Å². The molecule has 1 rings (SSSR count). The molecule has 86 valence electrons. The van der Waals surface area contributed by atoms with Crippen LogP contribution < -0.4 is 5.32 Å². The first-order valence-corrected chi connectivity index (χ1v) is 6.25. The molecule has 0 aromatic carbocycles. The summed E-state index contributed by atoms with van der Waals surface area (Å²) in [4.78, 5) is 2.49. The predicted molar refractivity (Wildman–Crippen MR) is 64.8 cm³/mol. The van der Waals surface area contributed by atoms with Crippen molar-refractivity contribution in [2.45, 2.75) is 52.5 Å². The van der Waals surface area contributed by atoms with Crippen LogP contribution >= 0.6 is 0 Å². The Morgan fingerprint density at radius 1 is 1.21 bits per heavy atom. The highest BCUT2D eigenvalue weighted by Gasteiger charge is 2.20. The van der Waals surface area contributed by atoms with Crippen LogP contribution in [-0.2, 0) is 0 Å². The van der Waals surface area contributed by atoms with Crippen molar-refractivity contribution in [3.8, 4) is 0 Å². The number of hydrogen-bond donors (Lipinski definition) is 1. The van der Waals surface area contributed by atoms with Gasteiger partial charge in [-0.2, -0.15) is 0 Å². The Hall–Kier alpha value is -0.0800. The third kappa shape index (κ3) is 5.61. The van der Waals surface area contributed by atoms with Crippen LogP contribution in [0, 0.1) is 0 Å². The summed E-state index contributed by atoms with van der Waals surface area (Å²) in [6.45, 7) is 9.74. The molecule has 1 fully saturated rings. The monoisotopic (exact) mass is 200 g/mol. The van der Waals surface area contributed by atoms with Gasteiger partial charge in [0.1, 0.15) is 0 Å². The van der Waals surface area contributed by atoms with Crippen molar-refractivity contribution in [1.29, 1.82) is 0 Å². The van der Waals surface area contributed by atoms with Gasteiger partial charge in [0.05, 0.1) is 0 Å². The Morgan fingerprint density at radius 3 is 2.29 bits per heavy atom. The van der Waals surface area contributed by atoms with Crippen LogP contribution in [0.2, 0.25) is 0 Å². The molecule has 0 saturated heterocycles. The Kier molecular flexibility index (Phi) is 9.42. The lowest BCUT2D eigenvalue weighted by atomic mass is 9.92. The highest BCUT2D eigenvalue weighted by atomic mass is 15.1. The number of nitrogens with one attached hydrogen (secondary N) is 1. The van der Waals surface area contributed by atoms with Crippen LogP contribution in [0.15, 0.2) is 0 Å². The number of likely N-dealkylation sites (N-methyl/N-ethyl adjacent to an activating group) is 1. The van der Waals surface area contributed by atoms with E-state index in [9.17, 15) is 0 Å². The van der Waals surface area contributed by atoms with Crippen molar-refractivity contribution in [1.82, 2.24) is 10.2 Å². The van der Waals surface area contributed by atoms with Crippen molar-refractivity contribution < 1.29 is 0 Å². The fourth-order valence-corrected chi connectivity index (χ4v) is 1.57. The van der Waals surface area contributed by atoms with Gasteiger partial charge in [0.2, 0.25) is 0 Å². The Morgan fingerprint density at radius 2 is 1.86 bits per heavy atom. The highest BCUT2D eigenvalue weighted by Crippen LogP contribution is 2.22. The molecule has 2 heteroatoms. The molecule has 0 unspecified atom stereocenters. The van der Waals surface area contributed by atoms with Gasteiger partial charge in [0.15, 0.2) is 0 Å². The maximum Gasteiger partial charge on any atom is 0.0107 e. The maximum atomic E-state index is 3.43. The standard InChI is InChI=1S/C10H22N2.C2H6/c1-3-7-11-8-9-12(2)10-5-4-6-10;1-2/h10-11H,3-9H2,1-2H3;1-2H3. The van der Waals surface area contributed by atoms with E-state index in [4.69, 9.17) is 0 Å². The second-order valence-corrected chi connectivity index (χ2v) is 3.82. The van der Waals surface area contributed by atoms with Gasteiger partial charge in [0, 0.05) is 19.1 Å². The zero-order valence-corrected chi connectivity index (χ0v) is 10.5. The third-order valence-corrected chi connectivity index (χ3v) is 2.77. The summed E-state index contributed by atoms with van der Waals surface area (Å²) in [7, 11) is 2.25. The Bertz CT molecular complexity index is 111. The predicted octanol–water partition coefficient (Wildman–Crippen LogP) is 2.50.